The van der Waals surface area contributed by atoms with E-state index < -0.39 is 12.2 Å². The number of carbonyl (C=O) groups is 1. The van der Waals surface area contributed by atoms with E-state index in [0.717, 1.165) is 12.0 Å². The van der Waals surface area contributed by atoms with E-state index in [2.05, 4.69) is 5.32 Å². The zero-order valence-corrected chi connectivity index (χ0v) is 9.93. The summed E-state index contributed by atoms with van der Waals surface area (Å²) in [5.74, 6) is -1.05. The Balaban J connectivity index is 1.85. The van der Waals surface area contributed by atoms with Gasteiger partial charge in [0.15, 0.2) is 6.29 Å². The van der Waals surface area contributed by atoms with Crippen molar-refractivity contribution in [3.63, 3.8) is 0 Å². The number of carbonyl (C=O) groups excluding carboxylic acids is 1. The van der Waals surface area contributed by atoms with Gasteiger partial charge >= 0.3 is 0 Å². The second kappa shape index (κ2) is 5.93. The van der Waals surface area contributed by atoms with E-state index in [4.69, 9.17) is 4.74 Å². The first-order valence-electron chi connectivity index (χ1n) is 5.98. The van der Waals surface area contributed by atoms with E-state index in [1.54, 1.807) is 12.1 Å². The van der Waals surface area contributed by atoms with Crippen molar-refractivity contribution in [2.75, 3.05) is 6.61 Å². The van der Waals surface area contributed by atoms with Crippen LogP contribution < -0.4 is 5.32 Å². The zero-order chi connectivity index (χ0) is 13.0. The zero-order valence-electron chi connectivity index (χ0n) is 9.93. The van der Waals surface area contributed by atoms with Crippen LogP contribution >= 0.6 is 0 Å². The predicted molar refractivity (Wildman–Crippen MR) is 62.9 cm³/mol. The number of nitrogens with one attached hydrogen (secondary N) is 1. The van der Waals surface area contributed by atoms with Crippen molar-refractivity contribution in [1.82, 2.24) is 5.32 Å². The Morgan fingerprint density at radius 1 is 1.44 bits per heavy atom. The van der Waals surface area contributed by atoms with E-state index in [1.807, 2.05) is 0 Å². The molecular formula is C13H16FNO3. The molecule has 18 heavy (non-hydrogen) atoms. The summed E-state index contributed by atoms with van der Waals surface area (Å²) in [6.45, 7) is 0.811. The number of halogens is 1. The van der Waals surface area contributed by atoms with Gasteiger partial charge in [-0.3, -0.25) is 4.79 Å². The molecule has 2 rings (SSSR count). The normalized spacial score (nSPS) is 23.7. The number of rotatable bonds is 3. The summed E-state index contributed by atoms with van der Waals surface area (Å²) in [6, 6.07) is 5.92. The van der Waals surface area contributed by atoms with Gasteiger partial charge in [0.05, 0.1) is 5.92 Å². The van der Waals surface area contributed by atoms with Crippen molar-refractivity contribution in [3.05, 3.63) is 35.6 Å². The Kier molecular flexibility index (Phi) is 4.28. The van der Waals surface area contributed by atoms with Gasteiger partial charge in [-0.05, 0) is 30.5 Å². The molecule has 1 amide bonds. The third-order valence-corrected chi connectivity index (χ3v) is 3.01. The first-order valence-corrected chi connectivity index (χ1v) is 5.98. The summed E-state index contributed by atoms with van der Waals surface area (Å²) in [5.41, 5.74) is 0.816. The Labute approximate surface area is 105 Å². The first-order chi connectivity index (χ1) is 8.66. The van der Waals surface area contributed by atoms with Crippen molar-refractivity contribution in [3.8, 4) is 0 Å². The second-order valence-electron chi connectivity index (χ2n) is 4.35. The molecule has 98 valence electrons. The molecule has 5 heteroatoms. The maximum atomic E-state index is 12.7. The molecule has 1 aromatic rings. The lowest BCUT2D eigenvalue weighted by atomic mass is 9.99. The average Bonchev–Trinajstić information content (AvgIpc) is 2.38. The van der Waals surface area contributed by atoms with Gasteiger partial charge in [0.1, 0.15) is 5.82 Å². The van der Waals surface area contributed by atoms with E-state index >= 15 is 0 Å². The van der Waals surface area contributed by atoms with Crippen LogP contribution in [0, 0.1) is 11.7 Å². The highest BCUT2D eigenvalue weighted by molar-refractivity contribution is 5.79. The molecule has 1 fully saturated rings. The lowest BCUT2D eigenvalue weighted by molar-refractivity contribution is -0.171. The number of ether oxygens (including phenoxy) is 1. The number of aliphatic hydroxyl groups is 1. The number of benzene rings is 1. The standard InChI is InChI=1S/C13H16FNO3/c14-10-5-3-9(4-6-10)8-15-12(16)11-2-1-7-18-13(11)17/h3-6,11,13,17H,1-2,7-8H2,(H,15,16). The van der Waals surface area contributed by atoms with Crippen molar-refractivity contribution in [1.29, 1.82) is 0 Å². The molecule has 0 aliphatic carbocycles. The molecule has 0 bridgehead atoms. The average molecular weight is 253 g/mol. The SMILES string of the molecule is O=C(NCc1ccc(F)cc1)C1CCCOC1O. The molecule has 2 atom stereocenters. The summed E-state index contributed by atoms with van der Waals surface area (Å²) in [5, 5.41) is 12.3. The number of aliphatic hydroxyl groups excluding tert-OH is 1. The summed E-state index contributed by atoms with van der Waals surface area (Å²) in [6.07, 6.45) is 0.370. The molecular weight excluding hydrogens is 237 g/mol. The van der Waals surface area contributed by atoms with Gasteiger partial charge in [0.25, 0.3) is 0 Å². The van der Waals surface area contributed by atoms with Crippen LogP contribution in [0.4, 0.5) is 4.39 Å². The largest absolute Gasteiger partial charge is 0.367 e. The fourth-order valence-electron chi connectivity index (χ4n) is 1.95. The van der Waals surface area contributed by atoms with Gasteiger partial charge in [0.2, 0.25) is 5.91 Å². The number of hydrogen-bond acceptors (Lipinski definition) is 3. The van der Waals surface area contributed by atoms with Gasteiger partial charge in [0, 0.05) is 13.2 Å². The minimum absolute atomic E-state index is 0.230. The second-order valence-corrected chi connectivity index (χ2v) is 4.35. The maximum absolute atomic E-state index is 12.7. The molecule has 0 radical (unpaired) electrons. The quantitative estimate of drug-likeness (QED) is 0.850. The lowest BCUT2D eigenvalue weighted by Crippen LogP contribution is -2.41. The minimum Gasteiger partial charge on any atom is -0.367 e. The van der Waals surface area contributed by atoms with Crippen molar-refractivity contribution in [2.45, 2.75) is 25.7 Å². The van der Waals surface area contributed by atoms with Gasteiger partial charge in [-0.15, -0.1) is 0 Å². The van der Waals surface area contributed by atoms with Gasteiger partial charge < -0.3 is 15.2 Å². The molecule has 1 aliphatic heterocycles. The molecule has 1 saturated heterocycles. The number of hydrogen-bond donors (Lipinski definition) is 2. The van der Waals surface area contributed by atoms with Crippen molar-refractivity contribution in [2.24, 2.45) is 5.92 Å². The van der Waals surface area contributed by atoms with Crippen LogP contribution in [0.25, 0.3) is 0 Å². The molecule has 1 heterocycles. The van der Waals surface area contributed by atoms with E-state index in [0.29, 0.717) is 19.6 Å². The fraction of sp³-hybridized carbons (Fsp3) is 0.462. The van der Waals surface area contributed by atoms with Crippen LogP contribution in [0.15, 0.2) is 24.3 Å². The molecule has 0 aromatic heterocycles. The Hall–Kier alpha value is -1.46. The van der Waals surface area contributed by atoms with Crippen LogP contribution in [-0.4, -0.2) is 23.9 Å². The highest BCUT2D eigenvalue weighted by Crippen LogP contribution is 2.19. The summed E-state index contributed by atoms with van der Waals surface area (Å²) in [7, 11) is 0. The van der Waals surface area contributed by atoms with Crippen LogP contribution in [0.2, 0.25) is 0 Å². The molecule has 4 nitrogen and oxygen atoms in total. The predicted octanol–water partition coefficient (Wildman–Crippen LogP) is 1.19. The van der Waals surface area contributed by atoms with Crippen LogP contribution in [-0.2, 0) is 16.1 Å². The third kappa shape index (κ3) is 3.27. The lowest BCUT2D eigenvalue weighted by Gasteiger charge is -2.26. The van der Waals surface area contributed by atoms with Gasteiger partial charge in [-0.25, -0.2) is 4.39 Å². The molecule has 0 saturated carbocycles. The molecule has 2 N–H and O–H groups in total. The Morgan fingerprint density at radius 3 is 2.83 bits per heavy atom. The smallest absolute Gasteiger partial charge is 0.228 e. The van der Waals surface area contributed by atoms with Crippen LogP contribution in [0.3, 0.4) is 0 Å². The monoisotopic (exact) mass is 253 g/mol. The Morgan fingerprint density at radius 2 is 2.17 bits per heavy atom. The third-order valence-electron chi connectivity index (χ3n) is 3.01. The number of amides is 1. The van der Waals surface area contributed by atoms with E-state index in [1.165, 1.54) is 12.1 Å². The fourth-order valence-corrected chi connectivity index (χ4v) is 1.95. The topological polar surface area (TPSA) is 58.6 Å². The first kappa shape index (κ1) is 13.0. The van der Waals surface area contributed by atoms with Gasteiger partial charge in [-0.1, -0.05) is 12.1 Å². The van der Waals surface area contributed by atoms with Gasteiger partial charge in [-0.2, -0.15) is 0 Å². The van der Waals surface area contributed by atoms with Crippen molar-refractivity contribution >= 4 is 5.91 Å². The maximum Gasteiger partial charge on any atom is 0.228 e. The van der Waals surface area contributed by atoms with E-state index in [-0.39, 0.29) is 11.7 Å². The molecule has 0 spiro atoms. The Bertz CT molecular complexity index is 407. The minimum atomic E-state index is -1.02. The summed E-state index contributed by atoms with van der Waals surface area (Å²) >= 11 is 0. The summed E-state index contributed by atoms with van der Waals surface area (Å²) < 4.78 is 17.7. The molecule has 2 unspecified atom stereocenters. The van der Waals surface area contributed by atoms with Crippen LogP contribution in [0.5, 0.6) is 0 Å². The van der Waals surface area contributed by atoms with Crippen LogP contribution in [0.1, 0.15) is 18.4 Å². The molecule has 1 aromatic carbocycles. The highest BCUT2D eigenvalue weighted by Gasteiger charge is 2.29. The molecule has 1 aliphatic rings. The van der Waals surface area contributed by atoms with Crippen molar-refractivity contribution < 1.29 is 19.0 Å². The highest BCUT2D eigenvalue weighted by atomic mass is 19.1. The summed E-state index contributed by atoms with van der Waals surface area (Å²) in [4.78, 5) is 11.8. The van der Waals surface area contributed by atoms with E-state index in [9.17, 15) is 14.3 Å².